The standard InChI is InChI=1S/C16H23F2N/c1-16(2)6-4-11(5-7-16)15(19-3)12-8-13(17)10-14(18)9-12/h8-11,15,19H,4-7H2,1-3H3. The molecule has 2 rings (SSSR count). The summed E-state index contributed by atoms with van der Waals surface area (Å²) in [6, 6.07) is 3.87. The second-order valence-corrected chi connectivity index (χ2v) is 6.47. The lowest BCUT2D eigenvalue weighted by atomic mass is 9.70. The summed E-state index contributed by atoms with van der Waals surface area (Å²) >= 11 is 0. The van der Waals surface area contributed by atoms with Gasteiger partial charge in [-0.3, -0.25) is 0 Å². The molecule has 1 fully saturated rings. The first-order chi connectivity index (χ1) is 8.91. The monoisotopic (exact) mass is 267 g/mol. The molecule has 0 aliphatic heterocycles. The van der Waals surface area contributed by atoms with Crippen LogP contribution in [0, 0.1) is 23.0 Å². The van der Waals surface area contributed by atoms with Crippen LogP contribution in [0.2, 0.25) is 0 Å². The summed E-state index contributed by atoms with van der Waals surface area (Å²) in [6.07, 6.45) is 4.56. The average Bonchev–Trinajstić information content (AvgIpc) is 2.31. The van der Waals surface area contributed by atoms with E-state index in [-0.39, 0.29) is 6.04 Å². The smallest absolute Gasteiger partial charge is 0.126 e. The van der Waals surface area contributed by atoms with Crippen molar-refractivity contribution in [1.82, 2.24) is 5.32 Å². The summed E-state index contributed by atoms with van der Waals surface area (Å²) in [7, 11) is 1.87. The first-order valence-electron chi connectivity index (χ1n) is 7.04. The highest BCUT2D eigenvalue weighted by atomic mass is 19.1. The molecule has 0 saturated heterocycles. The van der Waals surface area contributed by atoms with Gasteiger partial charge in [0.1, 0.15) is 11.6 Å². The topological polar surface area (TPSA) is 12.0 Å². The van der Waals surface area contributed by atoms with Crippen molar-refractivity contribution in [3.05, 3.63) is 35.4 Å². The highest BCUT2D eigenvalue weighted by Crippen LogP contribution is 2.42. The Kier molecular flexibility index (Phi) is 4.24. The lowest BCUT2D eigenvalue weighted by molar-refractivity contribution is 0.164. The molecule has 1 unspecified atom stereocenters. The van der Waals surface area contributed by atoms with Gasteiger partial charge in [0, 0.05) is 12.1 Å². The molecule has 1 aliphatic carbocycles. The Morgan fingerprint density at radius 1 is 1.11 bits per heavy atom. The van der Waals surface area contributed by atoms with Gasteiger partial charge in [-0.1, -0.05) is 13.8 Å². The molecule has 1 atom stereocenters. The lowest BCUT2D eigenvalue weighted by Gasteiger charge is -2.38. The predicted octanol–water partition coefficient (Wildman–Crippen LogP) is 4.44. The fourth-order valence-electron chi connectivity index (χ4n) is 3.18. The first-order valence-corrected chi connectivity index (χ1v) is 7.04. The van der Waals surface area contributed by atoms with Crippen molar-refractivity contribution in [2.24, 2.45) is 11.3 Å². The van der Waals surface area contributed by atoms with Gasteiger partial charge in [-0.25, -0.2) is 8.78 Å². The Labute approximate surface area is 114 Å². The molecule has 1 aromatic carbocycles. The summed E-state index contributed by atoms with van der Waals surface area (Å²) in [5, 5.41) is 3.24. The van der Waals surface area contributed by atoms with Gasteiger partial charge in [-0.15, -0.1) is 0 Å². The molecule has 1 nitrogen and oxygen atoms in total. The molecule has 19 heavy (non-hydrogen) atoms. The van der Waals surface area contributed by atoms with Crippen molar-refractivity contribution < 1.29 is 8.78 Å². The Balaban J connectivity index is 2.16. The summed E-state index contributed by atoms with van der Waals surface area (Å²) in [5.74, 6) is -0.531. The van der Waals surface area contributed by atoms with Crippen LogP contribution < -0.4 is 5.32 Å². The fraction of sp³-hybridized carbons (Fsp3) is 0.625. The summed E-state index contributed by atoms with van der Waals surface area (Å²) in [5.41, 5.74) is 1.13. The van der Waals surface area contributed by atoms with Crippen molar-refractivity contribution in [2.75, 3.05) is 7.05 Å². The molecule has 0 radical (unpaired) electrons. The summed E-state index contributed by atoms with van der Waals surface area (Å²) < 4.78 is 26.7. The van der Waals surface area contributed by atoms with E-state index < -0.39 is 11.6 Å². The SMILES string of the molecule is CNC(c1cc(F)cc(F)c1)C1CCC(C)(C)CC1. The van der Waals surface area contributed by atoms with Crippen LogP contribution in [0.3, 0.4) is 0 Å². The quantitative estimate of drug-likeness (QED) is 0.853. The average molecular weight is 267 g/mol. The third-order valence-electron chi connectivity index (χ3n) is 4.41. The zero-order valence-corrected chi connectivity index (χ0v) is 12.0. The molecular weight excluding hydrogens is 244 g/mol. The van der Waals surface area contributed by atoms with E-state index in [2.05, 4.69) is 19.2 Å². The van der Waals surface area contributed by atoms with E-state index in [0.717, 1.165) is 24.5 Å². The molecule has 0 aromatic heterocycles. The van der Waals surface area contributed by atoms with E-state index in [1.54, 1.807) is 0 Å². The van der Waals surface area contributed by atoms with Crippen LogP contribution in [0.4, 0.5) is 8.78 Å². The molecular formula is C16H23F2N. The van der Waals surface area contributed by atoms with E-state index in [0.29, 0.717) is 11.3 Å². The Bertz CT molecular complexity index is 412. The lowest BCUT2D eigenvalue weighted by Crippen LogP contribution is -2.31. The van der Waals surface area contributed by atoms with Gasteiger partial charge < -0.3 is 5.32 Å². The third kappa shape index (κ3) is 3.53. The van der Waals surface area contributed by atoms with Crippen LogP contribution in [-0.4, -0.2) is 7.05 Å². The van der Waals surface area contributed by atoms with E-state index in [1.165, 1.54) is 25.0 Å². The number of nitrogens with one attached hydrogen (secondary N) is 1. The summed E-state index contributed by atoms with van der Waals surface area (Å²) in [6.45, 7) is 4.58. The largest absolute Gasteiger partial charge is 0.313 e. The number of rotatable bonds is 3. The molecule has 0 bridgehead atoms. The number of halogens is 2. The fourth-order valence-corrected chi connectivity index (χ4v) is 3.18. The second kappa shape index (κ2) is 5.58. The van der Waals surface area contributed by atoms with Crippen LogP contribution in [0.1, 0.15) is 51.1 Å². The van der Waals surface area contributed by atoms with Gasteiger partial charge in [-0.05, 0) is 61.8 Å². The first kappa shape index (κ1) is 14.4. The second-order valence-electron chi connectivity index (χ2n) is 6.47. The third-order valence-corrected chi connectivity index (χ3v) is 4.41. The number of hydrogen-bond donors (Lipinski definition) is 1. The van der Waals surface area contributed by atoms with E-state index >= 15 is 0 Å². The minimum absolute atomic E-state index is 0.0429. The van der Waals surface area contributed by atoms with Crippen molar-refractivity contribution in [2.45, 2.75) is 45.6 Å². The van der Waals surface area contributed by atoms with Crippen LogP contribution in [0.15, 0.2) is 18.2 Å². The van der Waals surface area contributed by atoms with E-state index in [1.807, 2.05) is 7.05 Å². The zero-order valence-electron chi connectivity index (χ0n) is 12.0. The van der Waals surface area contributed by atoms with Gasteiger partial charge >= 0.3 is 0 Å². The molecule has 106 valence electrons. The van der Waals surface area contributed by atoms with Crippen LogP contribution in [-0.2, 0) is 0 Å². The predicted molar refractivity (Wildman–Crippen MR) is 73.9 cm³/mol. The Hall–Kier alpha value is -0.960. The molecule has 0 heterocycles. The highest BCUT2D eigenvalue weighted by molar-refractivity contribution is 5.22. The molecule has 1 saturated carbocycles. The molecule has 3 heteroatoms. The summed E-state index contributed by atoms with van der Waals surface area (Å²) in [4.78, 5) is 0. The number of hydrogen-bond acceptors (Lipinski definition) is 1. The Morgan fingerprint density at radius 3 is 2.11 bits per heavy atom. The Morgan fingerprint density at radius 2 is 1.63 bits per heavy atom. The highest BCUT2D eigenvalue weighted by Gasteiger charge is 2.31. The molecule has 1 aromatic rings. The van der Waals surface area contributed by atoms with Gasteiger partial charge in [0.25, 0.3) is 0 Å². The van der Waals surface area contributed by atoms with Gasteiger partial charge in [-0.2, -0.15) is 0 Å². The van der Waals surface area contributed by atoms with Crippen molar-refractivity contribution in [3.8, 4) is 0 Å². The van der Waals surface area contributed by atoms with Crippen LogP contribution >= 0.6 is 0 Å². The van der Waals surface area contributed by atoms with Gasteiger partial charge in [0.2, 0.25) is 0 Å². The number of benzene rings is 1. The maximum atomic E-state index is 13.3. The van der Waals surface area contributed by atoms with Crippen LogP contribution in [0.25, 0.3) is 0 Å². The van der Waals surface area contributed by atoms with Gasteiger partial charge in [0.05, 0.1) is 0 Å². The van der Waals surface area contributed by atoms with Crippen molar-refractivity contribution >= 4 is 0 Å². The minimum atomic E-state index is -0.494. The maximum absolute atomic E-state index is 13.3. The van der Waals surface area contributed by atoms with Crippen molar-refractivity contribution in [3.63, 3.8) is 0 Å². The minimum Gasteiger partial charge on any atom is -0.313 e. The zero-order chi connectivity index (χ0) is 14.0. The van der Waals surface area contributed by atoms with Gasteiger partial charge in [0.15, 0.2) is 0 Å². The maximum Gasteiger partial charge on any atom is 0.126 e. The molecule has 1 N–H and O–H groups in total. The van der Waals surface area contributed by atoms with Crippen LogP contribution in [0.5, 0.6) is 0 Å². The van der Waals surface area contributed by atoms with E-state index in [9.17, 15) is 8.78 Å². The normalized spacial score (nSPS) is 21.3. The molecule has 0 amide bonds. The molecule has 1 aliphatic rings. The van der Waals surface area contributed by atoms with E-state index in [4.69, 9.17) is 0 Å². The molecule has 0 spiro atoms. The van der Waals surface area contributed by atoms with Crippen molar-refractivity contribution in [1.29, 1.82) is 0 Å².